The van der Waals surface area contributed by atoms with E-state index in [2.05, 4.69) is 47.8 Å². The van der Waals surface area contributed by atoms with Gasteiger partial charge in [-0.1, -0.05) is 29.3 Å². The van der Waals surface area contributed by atoms with Crippen LogP contribution in [0.3, 0.4) is 0 Å². The standard InChI is InChI=1S/C26H23Cl2N9O/c1-35-12-9-21(33-35)23-22-18(25(38)37(34-23)24-19(27)3-2-4-20(24)28)15-30-26(32-22)31-16-5-7-17(8-6-16)36-13-10-29-11-14-36/h2-9,12,15,29H,10-11,13-14H2,1H3,(H,30,31,32). The highest BCUT2D eigenvalue weighted by Crippen LogP contribution is 2.30. The zero-order valence-electron chi connectivity index (χ0n) is 20.4. The van der Waals surface area contributed by atoms with Crippen molar-refractivity contribution >= 4 is 51.4 Å². The molecular weight excluding hydrogens is 525 g/mol. The molecule has 192 valence electrons. The van der Waals surface area contributed by atoms with Gasteiger partial charge in [0.1, 0.15) is 22.6 Å². The van der Waals surface area contributed by atoms with Crippen molar-refractivity contribution in [2.75, 3.05) is 36.4 Å². The van der Waals surface area contributed by atoms with E-state index in [1.54, 1.807) is 42.2 Å². The van der Waals surface area contributed by atoms with Crippen molar-refractivity contribution in [3.63, 3.8) is 0 Å². The number of rotatable bonds is 5. The molecule has 0 radical (unpaired) electrons. The number of halogens is 2. The average Bonchev–Trinajstić information content (AvgIpc) is 3.36. The molecule has 1 saturated heterocycles. The molecule has 1 aliphatic heterocycles. The van der Waals surface area contributed by atoms with Crippen molar-refractivity contribution < 1.29 is 0 Å². The quantitative estimate of drug-likeness (QED) is 0.339. The number of piperazine rings is 1. The Morgan fingerprint density at radius 1 is 0.974 bits per heavy atom. The van der Waals surface area contributed by atoms with E-state index >= 15 is 0 Å². The Kier molecular flexibility index (Phi) is 6.44. The van der Waals surface area contributed by atoms with E-state index in [1.807, 2.05) is 12.1 Å². The molecule has 0 saturated carbocycles. The summed E-state index contributed by atoms with van der Waals surface area (Å²) in [5, 5.41) is 16.6. The molecule has 1 aliphatic rings. The summed E-state index contributed by atoms with van der Waals surface area (Å²) in [7, 11) is 1.80. The first-order valence-electron chi connectivity index (χ1n) is 12.1. The van der Waals surface area contributed by atoms with Gasteiger partial charge in [-0.3, -0.25) is 9.48 Å². The predicted octanol–water partition coefficient (Wildman–Crippen LogP) is 4.04. The molecule has 0 aliphatic carbocycles. The number of aryl methyl sites for hydroxylation is 1. The lowest BCUT2D eigenvalue weighted by molar-refractivity contribution is 0.589. The summed E-state index contributed by atoms with van der Waals surface area (Å²) in [6, 6.07) is 14.9. The van der Waals surface area contributed by atoms with Gasteiger partial charge in [0, 0.05) is 57.0 Å². The second-order valence-electron chi connectivity index (χ2n) is 8.88. The summed E-state index contributed by atoms with van der Waals surface area (Å²) in [5.41, 5.74) is 3.13. The largest absolute Gasteiger partial charge is 0.369 e. The van der Waals surface area contributed by atoms with E-state index in [9.17, 15) is 4.79 Å². The van der Waals surface area contributed by atoms with Crippen LogP contribution in [0.15, 0.2) is 65.7 Å². The number of para-hydroxylation sites is 1. The summed E-state index contributed by atoms with van der Waals surface area (Å²) in [6.07, 6.45) is 3.28. The van der Waals surface area contributed by atoms with Crippen LogP contribution in [-0.4, -0.2) is 55.7 Å². The minimum absolute atomic E-state index is 0.260. The third kappa shape index (κ3) is 4.58. The minimum atomic E-state index is -0.443. The number of hydrogen-bond acceptors (Lipinski definition) is 8. The summed E-state index contributed by atoms with van der Waals surface area (Å²) in [6.45, 7) is 3.89. The Hall–Kier alpha value is -3.99. The number of hydrogen-bond donors (Lipinski definition) is 2. The first-order chi connectivity index (χ1) is 18.5. The van der Waals surface area contributed by atoms with Crippen LogP contribution in [0, 0.1) is 0 Å². The van der Waals surface area contributed by atoms with E-state index in [1.165, 1.54) is 10.9 Å². The molecule has 0 unspecified atom stereocenters. The first kappa shape index (κ1) is 24.4. The summed E-state index contributed by atoms with van der Waals surface area (Å²) < 4.78 is 2.84. The second kappa shape index (κ2) is 10.1. The second-order valence-corrected chi connectivity index (χ2v) is 9.69. The molecule has 0 bridgehead atoms. The average molecular weight is 548 g/mol. The maximum Gasteiger partial charge on any atom is 0.282 e. The molecule has 4 heterocycles. The molecule has 12 heteroatoms. The van der Waals surface area contributed by atoms with Crippen LogP contribution < -0.4 is 21.1 Å². The molecule has 38 heavy (non-hydrogen) atoms. The van der Waals surface area contributed by atoms with Gasteiger partial charge in [0.05, 0.1) is 15.4 Å². The fourth-order valence-electron chi connectivity index (χ4n) is 4.45. The zero-order valence-corrected chi connectivity index (χ0v) is 21.9. The molecule has 10 nitrogen and oxygen atoms in total. The molecule has 0 spiro atoms. The molecule has 0 atom stereocenters. The molecule has 2 aromatic carbocycles. The SMILES string of the molecule is Cn1ccc(-c2nn(-c3c(Cl)cccc3Cl)c(=O)c3cnc(Nc4ccc(N5CCNCC5)cc4)nc23)n1. The van der Waals surface area contributed by atoms with Gasteiger partial charge in [-0.25, -0.2) is 9.97 Å². The first-order valence-corrected chi connectivity index (χ1v) is 12.8. The van der Waals surface area contributed by atoms with Crippen molar-refractivity contribution in [2.45, 2.75) is 0 Å². The van der Waals surface area contributed by atoms with Crippen molar-refractivity contribution in [3.8, 4) is 17.1 Å². The van der Waals surface area contributed by atoms with E-state index in [0.717, 1.165) is 37.6 Å². The summed E-state index contributed by atoms with van der Waals surface area (Å²) in [5.74, 6) is 0.333. The topological polar surface area (TPSA) is 106 Å². The van der Waals surface area contributed by atoms with Crippen LogP contribution in [0.1, 0.15) is 0 Å². The molecule has 5 aromatic rings. The summed E-state index contributed by atoms with van der Waals surface area (Å²) in [4.78, 5) is 25.0. The fourth-order valence-corrected chi connectivity index (χ4v) is 5.01. The third-order valence-electron chi connectivity index (χ3n) is 6.35. The Bertz CT molecular complexity index is 1670. The lowest BCUT2D eigenvalue weighted by atomic mass is 10.2. The number of aromatic nitrogens is 6. The van der Waals surface area contributed by atoms with E-state index in [-0.39, 0.29) is 11.1 Å². The Balaban J connectivity index is 1.42. The fraction of sp³-hybridized carbons (Fsp3) is 0.192. The minimum Gasteiger partial charge on any atom is -0.369 e. The number of nitrogens with zero attached hydrogens (tertiary/aromatic N) is 7. The maximum atomic E-state index is 13.5. The van der Waals surface area contributed by atoms with Crippen LogP contribution >= 0.6 is 23.2 Å². The van der Waals surface area contributed by atoms with Gasteiger partial charge in [-0.15, -0.1) is 0 Å². The van der Waals surface area contributed by atoms with Crippen LogP contribution in [-0.2, 0) is 7.05 Å². The normalized spacial score (nSPS) is 13.7. The van der Waals surface area contributed by atoms with E-state index < -0.39 is 5.56 Å². The smallest absolute Gasteiger partial charge is 0.282 e. The monoisotopic (exact) mass is 547 g/mol. The molecule has 2 N–H and O–H groups in total. The highest BCUT2D eigenvalue weighted by Gasteiger charge is 2.20. The van der Waals surface area contributed by atoms with Gasteiger partial charge in [-0.05, 0) is 42.5 Å². The van der Waals surface area contributed by atoms with Crippen molar-refractivity contribution in [1.82, 2.24) is 34.8 Å². The van der Waals surface area contributed by atoms with Crippen molar-refractivity contribution in [3.05, 3.63) is 81.3 Å². The van der Waals surface area contributed by atoms with Gasteiger partial charge < -0.3 is 15.5 Å². The van der Waals surface area contributed by atoms with E-state index in [0.29, 0.717) is 32.9 Å². The molecule has 0 amide bonds. The Morgan fingerprint density at radius 3 is 2.39 bits per heavy atom. The zero-order chi connectivity index (χ0) is 26.2. The van der Waals surface area contributed by atoms with Crippen LogP contribution in [0.25, 0.3) is 28.0 Å². The van der Waals surface area contributed by atoms with Gasteiger partial charge in [0.25, 0.3) is 5.56 Å². The van der Waals surface area contributed by atoms with Crippen LogP contribution in [0.2, 0.25) is 10.0 Å². The van der Waals surface area contributed by atoms with Gasteiger partial charge in [0.15, 0.2) is 0 Å². The van der Waals surface area contributed by atoms with Crippen LogP contribution in [0.4, 0.5) is 17.3 Å². The van der Waals surface area contributed by atoms with E-state index in [4.69, 9.17) is 23.2 Å². The lowest BCUT2D eigenvalue weighted by Crippen LogP contribution is -2.43. The molecule has 3 aromatic heterocycles. The number of benzene rings is 2. The highest BCUT2D eigenvalue weighted by molar-refractivity contribution is 6.37. The summed E-state index contributed by atoms with van der Waals surface area (Å²) >= 11 is 12.8. The molecule has 1 fully saturated rings. The lowest BCUT2D eigenvalue weighted by Gasteiger charge is -2.29. The Morgan fingerprint density at radius 2 is 1.71 bits per heavy atom. The van der Waals surface area contributed by atoms with Gasteiger partial charge in [0.2, 0.25) is 5.95 Å². The predicted molar refractivity (Wildman–Crippen MR) is 150 cm³/mol. The van der Waals surface area contributed by atoms with Crippen LogP contribution in [0.5, 0.6) is 0 Å². The van der Waals surface area contributed by atoms with Crippen molar-refractivity contribution in [2.24, 2.45) is 7.05 Å². The highest BCUT2D eigenvalue weighted by atomic mass is 35.5. The molecule has 6 rings (SSSR count). The number of anilines is 3. The molecular formula is C26H23Cl2N9O. The van der Waals surface area contributed by atoms with Gasteiger partial charge in [-0.2, -0.15) is 14.9 Å². The Labute approximate surface area is 227 Å². The number of nitrogens with one attached hydrogen (secondary N) is 2. The number of fused-ring (bicyclic) bond motifs is 1. The van der Waals surface area contributed by atoms with Gasteiger partial charge >= 0.3 is 0 Å². The maximum absolute atomic E-state index is 13.5. The third-order valence-corrected chi connectivity index (χ3v) is 6.96. The van der Waals surface area contributed by atoms with Crippen molar-refractivity contribution in [1.29, 1.82) is 0 Å².